The van der Waals surface area contributed by atoms with E-state index in [1.165, 1.54) is 0 Å². The first-order chi connectivity index (χ1) is 7.57. The van der Waals surface area contributed by atoms with Gasteiger partial charge in [-0.05, 0) is 30.0 Å². The molecule has 0 saturated heterocycles. The number of nitrogens with two attached hydrogens (primary N) is 1. The fourth-order valence-electron chi connectivity index (χ4n) is 1.69. The van der Waals surface area contributed by atoms with Crippen molar-refractivity contribution in [3.8, 4) is 5.75 Å². The second kappa shape index (κ2) is 5.51. The van der Waals surface area contributed by atoms with Crippen LogP contribution in [-0.4, -0.2) is 19.4 Å². The van der Waals surface area contributed by atoms with Crippen molar-refractivity contribution in [1.82, 2.24) is 0 Å². The standard InChI is InChI=1S/C12H20NO2P/c1-4-16(14,5-2)12(13)10-6-8-11(15-3)9-7-10/h6-9,12H,4-5,13H2,1-3H3/t12-/m1/s1. The van der Waals surface area contributed by atoms with Crippen LogP contribution in [0.3, 0.4) is 0 Å². The minimum Gasteiger partial charge on any atom is -0.497 e. The first kappa shape index (κ1) is 13.3. The predicted molar refractivity (Wildman–Crippen MR) is 68.6 cm³/mol. The Morgan fingerprint density at radius 2 is 1.75 bits per heavy atom. The fraction of sp³-hybridized carbons (Fsp3) is 0.500. The van der Waals surface area contributed by atoms with E-state index in [-0.39, 0.29) is 5.78 Å². The lowest BCUT2D eigenvalue weighted by Gasteiger charge is -2.22. The number of hydrogen-bond acceptors (Lipinski definition) is 3. The molecule has 0 aliphatic heterocycles. The van der Waals surface area contributed by atoms with Crippen LogP contribution in [0.5, 0.6) is 5.75 Å². The summed E-state index contributed by atoms with van der Waals surface area (Å²) < 4.78 is 17.5. The summed E-state index contributed by atoms with van der Waals surface area (Å²) in [4.78, 5) is 0. The van der Waals surface area contributed by atoms with Crippen molar-refractivity contribution in [2.75, 3.05) is 19.4 Å². The van der Waals surface area contributed by atoms with Crippen LogP contribution in [0.25, 0.3) is 0 Å². The van der Waals surface area contributed by atoms with Crippen molar-refractivity contribution in [1.29, 1.82) is 0 Å². The average molecular weight is 241 g/mol. The molecule has 16 heavy (non-hydrogen) atoms. The summed E-state index contributed by atoms with van der Waals surface area (Å²) in [7, 11) is -0.658. The zero-order chi connectivity index (χ0) is 12.2. The second-order valence-electron chi connectivity index (χ2n) is 3.80. The highest BCUT2D eigenvalue weighted by Crippen LogP contribution is 2.55. The van der Waals surface area contributed by atoms with Gasteiger partial charge in [0.2, 0.25) is 0 Å². The van der Waals surface area contributed by atoms with E-state index in [4.69, 9.17) is 10.5 Å². The van der Waals surface area contributed by atoms with E-state index in [1.54, 1.807) is 7.11 Å². The summed E-state index contributed by atoms with van der Waals surface area (Å²) in [6.45, 7) is 3.88. The Labute approximate surface area is 97.4 Å². The third-order valence-corrected chi connectivity index (χ3v) is 6.49. The monoisotopic (exact) mass is 241 g/mol. The molecule has 1 aromatic carbocycles. The Morgan fingerprint density at radius 3 is 2.12 bits per heavy atom. The van der Waals surface area contributed by atoms with Gasteiger partial charge in [-0.2, -0.15) is 0 Å². The molecule has 0 aliphatic rings. The molecule has 0 radical (unpaired) electrons. The van der Waals surface area contributed by atoms with Crippen LogP contribution in [0.15, 0.2) is 24.3 Å². The Bertz CT molecular complexity index is 367. The zero-order valence-corrected chi connectivity index (χ0v) is 11.0. The average Bonchev–Trinajstić information content (AvgIpc) is 2.37. The molecule has 0 bridgehead atoms. The maximum atomic E-state index is 12.4. The van der Waals surface area contributed by atoms with Gasteiger partial charge in [-0.25, -0.2) is 0 Å². The molecule has 0 spiro atoms. The molecule has 0 unspecified atom stereocenters. The molecular weight excluding hydrogens is 221 g/mol. The smallest absolute Gasteiger partial charge is 0.118 e. The van der Waals surface area contributed by atoms with E-state index in [0.717, 1.165) is 11.3 Å². The molecule has 1 rings (SSSR count). The number of methoxy groups -OCH3 is 1. The Kier molecular flexibility index (Phi) is 4.57. The summed E-state index contributed by atoms with van der Waals surface area (Å²) in [6, 6.07) is 7.48. The highest BCUT2D eigenvalue weighted by molar-refractivity contribution is 7.64. The van der Waals surface area contributed by atoms with Gasteiger partial charge in [0.25, 0.3) is 0 Å². The molecule has 3 nitrogen and oxygen atoms in total. The van der Waals surface area contributed by atoms with Crippen LogP contribution < -0.4 is 10.5 Å². The van der Waals surface area contributed by atoms with Crippen molar-refractivity contribution in [3.05, 3.63) is 29.8 Å². The third kappa shape index (κ3) is 2.66. The highest BCUT2D eigenvalue weighted by atomic mass is 31.2. The maximum absolute atomic E-state index is 12.4. The fourth-order valence-corrected chi connectivity index (χ4v) is 3.64. The lowest BCUT2D eigenvalue weighted by atomic mass is 10.2. The van der Waals surface area contributed by atoms with Gasteiger partial charge < -0.3 is 15.0 Å². The maximum Gasteiger partial charge on any atom is 0.118 e. The summed E-state index contributed by atoms with van der Waals surface area (Å²) in [5.41, 5.74) is 7.01. The molecule has 0 aromatic heterocycles. The molecule has 0 aliphatic carbocycles. The van der Waals surface area contributed by atoms with Crippen molar-refractivity contribution in [2.45, 2.75) is 19.6 Å². The number of ether oxygens (including phenoxy) is 1. The Morgan fingerprint density at radius 1 is 1.25 bits per heavy atom. The summed E-state index contributed by atoms with van der Waals surface area (Å²) in [6.07, 6.45) is 1.30. The summed E-state index contributed by atoms with van der Waals surface area (Å²) in [5, 5.41) is 0. The largest absolute Gasteiger partial charge is 0.497 e. The SMILES string of the molecule is CCP(=O)(CC)[C@@H](N)c1ccc(OC)cc1. The molecular formula is C12H20NO2P. The summed E-state index contributed by atoms with van der Waals surface area (Å²) >= 11 is 0. The van der Waals surface area contributed by atoms with Crippen molar-refractivity contribution in [3.63, 3.8) is 0 Å². The zero-order valence-electron chi connectivity index (χ0n) is 10.1. The van der Waals surface area contributed by atoms with E-state index in [2.05, 4.69) is 0 Å². The predicted octanol–water partition coefficient (Wildman–Crippen LogP) is 3.06. The molecule has 90 valence electrons. The summed E-state index contributed by atoms with van der Waals surface area (Å²) in [5.74, 6) is 0.437. The van der Waals surface area contributed by atoms with Crippen LogP contribution in [0, 0.1) is 0 Å². The minimum absolute atomic E-state index is 0.353. The first-order valence-corrected chi connectivity index (χ1v) is 7.69. The van der Waals surface area contributed by atoms with Gasteiger partial charge in [-0.3, -0.25) is 0 Å². The van der Waals surface area contributed by atoms with Crippen LogP contribution >= 0.6 is 7.14 Å². The van der Waals surface area contributed by atoms with Gasteiger partial charge in [-0.1, -0.05) is 26.0 Å². The number of benzene rings is 1. The molecule has 1 atom stereocenters. The third-order valence-electron chi connectivity index (χ3n) is 3.03. The number of hydrogen-bond donors (Lipinski definition) is 1. The van der Waals surface area contributed by atoms with Crippen molar-refractivity contribution in [2.24, 2.45) is 5.73 Å². The van der Waals surface area contributed by atoms with E-state index in [0.29, 0.717) is 12.3 Å². The molecule has 0 fully saturated rings. The Hall–Kier alpha value is -0.790. The lowest BCUT2D eigenvalue weighted by Crippen LogP contribution is -2.13. The van der Waals surface area contributed by atoms with Gasteiger partial charge in [0, 0.05) is 0 Å². The van der Waals surface area contributed by atoms with Crippen LogP contribution in [0.2, 0.25) is 0 Å². The second-order valence-corrected chi connectivity index (χ2v) is 7.53. The quantitative estimate of drug-likeness (QED) is 0.806. The topological polar surface area (TPSA) is 52.3 Å². The molecule has 4 heteroatoms. The van der Waals surface area contributed by atoms with E-state index in [1.807, 2.05) is 38.1 Å². The van der Waals surface area contributed by atoms with Gasteiger partial charge >= 0.3 is 0 Å². The normalized spacial score (nSPS) is 13.5. The van der Waals surface area contributed by atoms with E-state index < -0.39 is 7.14 Å². The Balaban J connectivity index is 2.95. The molecule has 0 heterocycles. The first-order valence-electron chi connectivity index (χ1n) is 5.54. The van der Waals surface area contributed by atoms with Gasteiger partial charge in [-0.15, -0.1) is 0 Å². The molecule has 0 saturated carbocycles. The minimum atomic E-state index is -2.28. The molecule has 2 N–H and O–H groups in total. The van der Waals surface area contributed by atoms with E-state index in [9.17, 15) is 4.57 Å². The van der Waals surface area contributed by atoms with E-state index >= 15 is 0 Å². The van der Waals surface area contributed by atoms with Gasteiger partial charge in [0.1, 0.15) is 12.9 Å². The molecule has 0 amide bonds. The van der Waals surface area contributed by atoms with Crippen LogP contribution in [-0.2, 0) is 4.57 Å². The van der Waals surface area contributed by atoms with Crippen molar-refractivity contribution < 1.29 is 9.30 Å². The number of rotatable bonds is 5. The highest BCUT2D eigenvalue weighted by Gasteiger charge is 2.27. The van der Waals surface area contributed by atoms with Crippen LogP contribution in [0.4, 0.5) is 0 Å². The molecule has 1 aromatic rings. The van der Waals surface area contributed by atoms with Gasteiger partial charge in [0.15, 0.2) is 0 Å². The lowest BCUT2D eigenvalue weighted by molar-refractivity contribution is 0.414. The van der Waals surface area contributed by atoms with Gasteiger partial charge in [0.05, 0.1) is 12.9 Å². The van der Waals surface area contributed by atoms with Crippen LogP contribution in [0.1, 0.15) is 25.2 Å². The van der Waals surface area contributed by atoms with Crippen molar-refractivity contribution >= 4 is 7.14 Å².